The Labute approximate surface area is 94.4 Å². The lowest BCUT2D eigenvalue weighted by Crippen LogP contribution is -2.51. The second-order valence-electron chi connectivity index (χ2n) is 5.56. The Kier molecular flexibility index (Phi) is 4.04. The van der Waals surface area contributed by atoms with Crippen LogP contribution in [0.4, 0.5) is 0 Å². The van der Waals surface area contributed by atoms with Gasteiger partial charge in [0.05, 0.1) is 0 Å². The highest BCUT2D eigenvalue weighted by atomic mass is 15.2. The molecule has 2 heteroatoms. The van der Waals surface area contributed by atoms with Crippen LogP contribution in [-0.2, 0) is 0 Å². The molecule has 2 aliphatic rings. The first-order valence-corrected chi connectivity index (χ1v) is 6.75. The van der Waals surface area contributed by atoms with Crippen LogP contribution >= 0.6 is 0 Å². The Morgan fingerprint density at radius 2 is 1.93 bits per heavy atom. The minimum Gasteiger partial charge on any atom is -0.314 e. The van der Waals surface area contributed by atoms with Crippen molar-refractivity contribution in [2.45, 2.75) is 58.0 Å². The smallest absolute Gasteiger partial charge is 0.0136 e. The van der Waals surface area contributed by atoms with Gasteiger partial charge in [0.15, 0.2) is 0 Å². The lowest BCUT2D eigenvalue weighted by Gasteiger charge is -2.44. The monoisotopic (exact) mass is 210 g/mol. The molecule has 2 aliphatic heterocycles. The number of hydrogen-bond acceptors (Lipinski definition) is 2. The molecule has 0 aromatic heterocycles. The zero-order valence-electron chi connectivity index (χ0n) is 10.3. The van der Waals surface area contributed by atoms with Gasteiger partial charge in [-0.15, -0.1) is 0 Å². The van der Waals surface area contributed by atoms with E-state index in [1.165, 1.54) is 51.7 Å². The predicted octanol–water partition coefficient (Wildman–Crippen LogP) is 2.25. The molecule has 0 bridgehead atoms. The van der Waals surface area contributed by atoms with Crippen molar-refractivity contribution in [1.82, 2.24) is 10.2 Å². The van der Waals surface area contributed by atoms with E-state index < -0.39 is 0 Å². The van der Waals surface area contributed by atoms with E-state index in [0.717, 1.165) is 12.0 Å². The highest BCUT2D eigenvalue weighted by Crippen LogP contribution is 2.30. The summed E-state index contributed by atoms with van der Waals surface area (Å²) in [4.78, 5) is 2.75. The van der Waals surface area contributed by atoms with Crippen LogP contribution in [0.3, 0.4) is 0 Å². The van der Waals surface area contributed by atoms with Crippen LogP contribution in [0.25, 0.3) is 0 Å². The summed E-state index contributed by atoms with van der Waals surface area (Å²) >= 11 is 0. The summed E-state index contributed by atoms with van der Waals surface area (Å²) in [5.74, 6) is 0.918. The number of fused-ring (bicyclic) bond motifs is 1. The lowest BCUT2D eigenvalue weighted by molar-refractivity contribution is 0.0587. The van der Waals surface area contributed by atoms with E-state index >= 15 is 0 Å². The second kappa shape index (κ2) is 5.31. The molecule has 2 saturated heterocycles. The summed E-state index contributed by atoms with van der Waals surface area (Å²) in [7, 11) is 0. The minimum absolute atomic E-state index is 0.643. The summed E-state index contributed by atoms with van der Waals surface area (Å²) in [6.45, 7) is 8.47. The van der Waals surface area contributed by atoms with Gasteiger partial charge in [-0.2, -0.15) is 0 Å². The minimum atomic E-state index is 0.643. The van der Waals surface area contributed by atoms with Crippen molar-refractivity contribution in [2.75, 3.05) is 19.6 Å². The van der Waals surface area contributed by atoms with E-state index in [9.17, 15) is 0 Å². The van der Waals surface area contributed by atoms with Crippen LogP contribution in [0.5, 0.6) is 0 Å². The van der Waals surface area contributed by atoms with Gasteiger partial charge in [-0.25, -0.2) is 0 Å². The quantitative estimate of drug-likeness (QED) is 0.768. The molecule has 2 heterocycles. The third kappa shape index (κ3) is 2.94. The third-order valence-corrected chi connectivity index (χ3v) is 4.02. The summed E-state index contributed by atoms with van der Waals surface area (Å²) < 4.78 is 0. The van der Waals surface area contributed by atoms with E-state index in [4.69, 9.17) is 0 Å². The number of piperidine rings is 2. The number of nitrogens with one attached hydrogen (secondary N) is 1. The maximum Gasteiger partial charge on any atom is 0.0136 e. The molecular weight excluding hydrogens is 184 g/mol. The first-order chi connectivity index (χ1) is 7.27. The highest BCUT2D eigenvalue weighted by Gasteiger charge is 2.32. The molecule has 88 valence electrons. The van der Waals surface area contributed by atoms with Gasteiger partial charge in [0.2, 0.25) is 0 Å². The second-order valence-corrected chi connectivity index (χ2v) is 5.56. The van der Waals surface area contributed by atoms with Crippen molar-refractivity contribution in [3.63, 3.8) is 0 Å². The van der Waals surface area contributed by atoms with Gasteiger partial charge in [0.25, 0.3) is 0 Å². The Morgan fingerprint density at radius 1 is 1.13 bits per heavy atom. The van der Waals surface area contributed by atoms with Crippen LogP contribution in [0.1, 0.15) is 46.0 Å². The molecule has 0 aliphatic carbocycles. The lowest BCUT2D eigenvalue weighted by atomic mass is 9.83. The van der Waals surface area contributed by atoms with E-state index in [-0.39, 0.29) is 0 Å². The van der Waals surface area contributed by atoms with Gasteiger partial charge in [-0.1, -0.05) is 20.3 Å². The zero-order chi connectivity index (χ0) is 10.7. The predicted molar refractivity (Wildman–Crippen MR) is 65.1 cm³/mol. The van der Waals surface area contributed by atoms with E-state index in [1.54, 1.807) is 0 Å². The number of rotatable bonds is 3. The molecule has 0 radical (unpaired) electrons. The van der Waals surface area contributed by atoms with Gasteiger partial charge in [-0.05, 0) is 51.2 Å². The molecule has 2 nitrogen and oxygen atoms in total. The van der Waals surface area contributed by atoms with Crippen molar-refractivity contribution < 1.29 is 0 Å². The molecular formula is C13H26N2. The number of hydrogen-bond donors (Lipinski definition) is 1. The van der Waals surface area contributed by atoms with Gasteiger partial charge in [-0.3, -0.25) is 0 Å². The topological polar surface area (TPSA) is 15.3 Å². The fraction of sp³-hybridized carbons (Fsp3) is 1.00. The van der Waals surface area contributed by atoms with Crippen molar-refractivity contribution in [3.8, 4) is 0 Å². The van der Waals surface area contributed by atoms with Crippen molar-refractivity contribution in [2.24, 2.45) is 5.92 Å². The first-order valence-electron chi connectivity index (χ1n) is 6.75. The van der Waals surface area contributed by atoms with Gasteiger partial charge in [0, 0.05) is 12.1 Å². The third-order valence-electron chi connectivity index (χ3n) is 4.02. The van der Waals surface area contributed by atoms with Gasteiger partial charge < -0.3 is 10.2 Å². The molecule has 1 N–H and O–H groups in total. The molecule has 0 spiro atoms. The summed E-state index contributed by atoms with van der Waals surface area (Å²) in [5, 5.41) is 3.62. The molecule has 2 atom stereocenters. The fourth-order valence-electron chi connectivity index (χ4n) is 3.20. The Hall–Kier alpha value is -0.0800. The number of nitrogens with zero attached hydrogens (tertiary/aromatic N) is 1. The Balaban J connectivity index is 1.86. The van der Waals surface area contributed by atoms with Gasteiger partial charge >= 0.3 is 0 Å². The Bertz CT molecular complexity index is 189. The molecule has 2 fully saturated rings. The zero-order valence-corrected chi connectivity index (χ0v) is 10.3. The maximum absolute atomic E-state index is 3.62. The highest BCUT2D eigenvalue weighted by molar-refractivity contribution is 4.88. The summed E-state index contributed by atoms with van der Waals surface area (Å²) in [6, 6.07) is 1.54. The average molecular weight is 210 g/mol. The van der Waals surface area contributed by atoms with Crippen molar-refractivity contribution >= 4 is 0 Å². The van der Waals surface area contributed by atoms with Crippen LogP contribution in [0, 0.1) is 5.92 Å². The largest absolute Gasteiger partial charge is 0.314 e. The molecule has 2 rings (SSSR count). The van der Waals surface area contributed by atoms with E-state index in [2.05, 4.69) is 24.1 Å². The van der Waals surface area contributed by atoms with E-state index in [1.807, 2.05) is 0 Å². The van der Waals surface area contributed by atoms with Crippen molar-refractivity contribution in [1.29, 1.82) is 0 Å². The SMILES string of the molecule is CC(C)NCC1CCCN2CCCCC12. The maximum atomic E-state index is 3.62. The van der Waals surface area contributed by atoms with Crippen LogP contribution in [-0.4, -0.2) is 36.6 Å². The van der Waals surface area contributed by atoms with Crippen LogP contribution in [0.15, 0.2) is 0 Å². The normalized spacial score (nSPS) is 33.0. The molecule has 0 aromatic rings. The first kappa shape index (κ1) is 11.4. The standard InChI is InChI=1S/C13H26N2/c1-11(2)14-10-12-6-5-9-15-8-4-3-7-13(12)15/h11-14H,3-10H2,1-2H3. The van der Waals surface area contributed by atoms with Crippen LogP contribution in [0.2, 0.25) is 0 Å². The van der Waals surface area contributed by atoms with Gasteiger partial charge in [0.1, 0.15) is 0 Å². The molecule has 0 aromatic carbocycles. The average Bonchev–Trinajstić information content (AvgIpc) is 2.26. The fourth-order valence-corrected chi connectivity index (χ4v) is 3.20. The van der Waals surface area contributed by atoms with Crippen LogP contribution < -0.4 is 5.32 Å². The van der Waals surface area contributed by atoms with Crippen molar-refractivity contribution in [3.05, 3.63) is 0 Å². The molecule has 15 heavy (non-hydrogen) atoms. The molecule has 0 saturated carbocycles. The molecule has 0 amide bonds. The summed E-state index contributed by atoms with van der Waals surface area (Å²) in [5.41, 5.74) is 0. The van der Waals surface area contributed by atoms with E-state index in [0.29, 0.717) is 6.04 Å². The Morgan fingerprint density at radius 3 is 2.73 bits per heavy atom. The summed E-state index contributed by atoms with van der Waals surface area (Å²) in [6.07, 6.45) is 7.20. The molecule has 2 unspecified atom stereocenters.